The normalized spacial score (nSPS) is 45.2. The van der Waals surface area contributed by atoms with Gasteiger partial charge in [-0.1, -0.05) is 27.7 Å². The summed E-state index contributed by atoms with van der Waals surface area (Å²) in [4.78, 5) is 12.0. The fraction of sp³-hybridized carbons (Fsp3) is 0.941. The average molecular weight is 279 g/mol. The van der Waals surface area contributed by atoms with Crippen LogP contribution in [0.5, 0.6) is 0 Å². The van der Waals surface area contributed by atoms with Crippen LogP contribution in [0.15, 0.2) is 0 Å². The highest BCUT2D eigenvalue weighted by atomic mass is 16.5. The molecule has 3 rings (SSSR count). The van der Waals surface area contributed by atoms with Gasteiger partial charge in [-0.3, -0.25) is 4.79 Å². The van der Waals surface area contributed by atoms with E-state index in [-0.39, 0.29) is 11.3 Å². The SMILES string of the molecule is CCC(=O)N[C@@H]1C(C)(C)[C@@H]2C[C@@H]3[C@@H](CC)OCC[C@@]31C2. The fourth-order valence-electron chi connectivity index (χ4n) is 5.58. The first-order chi connectivity index (χ1) is 9.45. The van der Waals surface area contributed by atoms with Crippen LogP contribution in [0.4, 0.5) is 0 Å². The maximum absolute atomic E-state index is 12.0. The van der Waals surface area contributed by atoms with Crippen LogP contribution in [-0.4, -0.2) is 24.7 Å². The molecule has 1 heterocycles. The lowest BCUT2D eigenvalue weighted by atomic mass is 9.59. The Balaban J connectivity index is 1.93. The van der Waals surface area contributed by atoms with E-state index in [9.17, 15) is 4.79 Å². The van der Waals surface area contributed by atoms with Crippen molar-refractivity contribution in [2.24, 2.45) is 22.7 Å². The van der Waals surface area contributed by atoms with Crippen LogP contribution < -0.4 is 5.32 Å². The summed E-state index contributed by atoms with van der Waals surface area (Å²) >= 11 is 0. The number of hydrogen-bond donors (Lipinski definition) is 1. The fourth-order valence-corrected chi connectivity index (χ4v) is 5.58. The molecule has 2 aliphatic carbocycles. The van der Waals surface area contributed by atoms with Gasteiger partial charge in [0.05, 0.1) is 6.10 Å². The summed E-state index contributed by atoms with van der Waals surface area (Å²) in [6.07, 6.45) is 5.82. The van der Waals surface area contributed by atoms with Gasteiger partial charge in [-0.25, -0.2) is 0 Å². The summed E-state index contributed by atoms with van der Waals surface area (Å²) in [6, 6.07) is 0.337. The van der Waals surface area contributed by atoms with Gasteiger partial charge in [0.2, 0.25) is 5.91 Å². The molecule has 1 N–H and O–H groups in total. The lowest BCUT2D eigenvalue weighted by Crippen LogP contribution is -2.60. The predicted octanol–water partition coefficient (Wildman–Crippen LogP) is 3.13. The van der Waals surface area contributed by atoms with Gasteiger partial charge in [0.1, 0.15) is 0 Å². The Morgan fingerprint density at radius 3 is 2.75 bits per heavy atom. The molecule has 2 bridgehead atoms. The molecule has 0 unspecified atom stereocenters. The minimum atomic E-state index is 0.211. The first kappa shape index (κ1) is 14.4. The van der Waals surface area contributed by atoms with Gasteiger partial charge < -0.3 is 10.1 Å². The number of rotatable bonds is 3. The summed E-state index contributed by atoms with van der Waals surface area (Å²) in [7, 11) is 0. The molecular formula is C17H29NO2. The van der Waals surface area contributed by atoms with Crippen molar-refractivity contribution >= 4 is 5.91 Å². The second-order valence-electron chi connectivity index (χ2n) is 7.72. The van der Waals surface area contributed by atoms with E-state index in [1.807, 2.05) is 6.92 Å². The zero-order valence-electron chi connectivity index (χ0n) is 13.4. The molecule has 3 aliphatic rings. The highest BCUT2D eigenvalue weighted by Gasteiger charge is 2.68. The Labute approximate surface area is 122 Å². The maximum atomic E-state index is 12.0. The summed E-state index contributed by atoms with van der Waals surface area (Å²) in [5.74, 6) is 1.61. The summed E-state index contributed by atoms with van der Waals surface area (Å²) < 4.78 is 6.02. The molecule has 1 spiro atoms. The third kappa shape index (κ3) is 1.78. The molecule has 114 valence electrons. The quantitative estimate of drug-likeness (QED) is 0.862. The van der Waals surface area contributed by atoms with Crippen LogP contribution in [0.25, 0.3) is 0 Å². The molecular weight excluding hydrogens is 250 g/mol. The van der Waals surface area contributed by atoms with Crippen molar-refractivity contribution in [3.05, 3.63) is 0 Å². The molecule has 20 heavy (non-hydrogen) atoms. The van der Waals surface area contributed by atoms with E-state index in [0.29, 0.717) is 29.9 Å². The zero-order valence-corrected chi connectivity index (χ0v) is 13.4. The van der Waals surface area contributed by atoms with Crippen molar-refractivity contribution < 1.29 is 9.53 Å². The number of hydrogen-bond acceptors (Lipinski definition) is 2. The molecule has 1 saturated heterocycles. The molecule has 0 aromatic rings. The Morgan fingerprint density at radius 2 is 2.10 bits per heavy atom. The van der Waals surface area contributed by atoms with E-state index in [2.05, 4.69) is 26.1 Å². The van der Waals surface area contributed by atoms with E-state index in [4.69, 9.17) is 4.74 Å². The third-order valence-corrected chi connectivity index (χ3v) is 6.65. The van der Waals surface area contributed by atoms with Crippen LogP contribution in [0.2, 0.25) is 0 Å². The van der Waals surface area contributed by atoms with Crippen molar-refractivity contribution in [3.63, 3.8) is 0 Å². The molecule has 0 radical (unpaired) electrons. The molecule has 3 fully saturated rings. The molecule has 3 nitrogen and oxygen atoms in total. The van der Waals surface area contributed by atoms with Gasteiger partial charge in [0.25, 0.3) is 0 Å². The van der Waals surface area contributed by atoms with Crippen molar-refractivity contribution in [1.29, 1.82) is 0 Å². The van der Waals surface area contributed by atoms with Crippen molar-refractivity contribution in [3.8, 4) is 0 Å². The molecule has 1 aliphatic heterocycles. The van der Waals surface area contributed by atoms with Crippen LogP contribution in [0.1, 0.15) is 59.8 Å². The van der Waals surface area contributed by atoms with Gasteiger partial charge >= 0.3 is 0 Å². The highest BCUT2D eigenvalue weighted by Crippen LogP contribution is 2.68. The van der Waals surface area contributed by atoms with E-state index < -0.39 is 0 Å². The minimum Gasteiger partial charge on any atom is -0.378 e. The van der Waals surface area contributed by atoms with Crippen molar-refractivity contribution in [1.82, 2.24) is 5.32 Å². The predicted molar refractivity (Wildman–Crippen MR) is 79.3 cm³/mol. The number of ether oxygens (including phenoxy) is 1. The standard InChI is InChI=1S/C17H29NO2/c1-5-13-12-9-11-10-17(12,7-8-20-13)15(16(11,3)4)18-14(19)6-2/h11-13,15H,5-10H2,1-4H3,(H,18,19)/t11-,12-,13-,15-,17-/m1/s1. The van der Waals surface area contributed by atoms with Crippen LogP contribution in [0.3, 0.4) is 0 Å². The number of nitrogens with one attached hydrogen (secondary N) is 1. The van der Waals surface area contributed by atoms with Crippen LogP contribution in [0, 0.1) is 22.7 Å². The van der Waals surface area contributed by atoms with E-state index >= 15 is 0 Å². The number of carbonyl (C=O) groups excluding carboxylic acids is 1. The molecule has 1 amide bonds. The van der Waals surface area contributed by atoms with Gasteiger partial charge in [-0.15, -0.1) is 0 Å². The van der Waals surface area contributed by atoms with E-state index in [0.717, 1.165) is 25.4 Å². The van der Waals surface area contributed by atoms with Crippen molar-refractivity contribution in [2.75, 3.05) is 6.61 Å². The molecule has 0 aromatic heterocycles. The summed E-state index contributed by atoms with van der Waals surface area (Å²) in [6.45, 7) is 9.78. The van der Waals surface area contributed by atoms with Gasteiger partial charge in [0.15, 0.2) is 0 Å². The van der Waals surface area contributed by atoms with Crippen molar-refractivity contribution in [2.45, 2.75) is 71.9 Å². The van der Waals surface area contributed by atoms with Crippen LogP contribution >= 0.6 is 0 Å². The van der Waals surface area contributed by atoms with E-state index in [1.165, 1.54) is 12.8 Å². The second kappa shape index (κ2) is 4.72. The topological polar surface area (TPSA) is 38.3 Å². The third-order valence-electron chi connectivity index (χ3n) is 6.65. The number of fused-ring (bicyclic) bond motifs is 1. The Bertz CT molecular complexity index is 406. The number of carbonyl (C=O) groups is 1. The molecule has 3 heteroatoms. The lowest BCUT2D eigenvalue weighted by molar-refractivity contribution is -0.136. The minimum absolute atomic E-state index is 0.211. The average Bonchev–Trinajstić information content (AvgIpc) is 2.91. The first-order valence-corrected chi connectivity index (χ1v) is 8.36. The Kier molecular flexibility index (Phi) is 3.39. The molecule has 5 atom stereocenters. The highest BCUT2D eigenvalue weighted by molar-refractivity contribution is 5.76. The molecule has 2 saturated carbocycles. The molecule has 0 aromatic carbocycles. The van der Waals surface area contributed by atoms with E-state index in [1.54, 1.807) is 0 Å². The zero-order chi connectivity index (χ0) is 14.5. The Morgan fingerprint density at radius 1 is 1.35 bits per heavy atom. The first-order valence-electron chi connectivity index (χ1n) is 8.36. The second-order valence-corrected chi connectivity index (χ2v) is 7.72. The monoisotopic (exact) mass is 279 g/mol. The largest absolute Gasteiger partial charge is 0.378 e. The summed E-state index contributed by atoms with van der Waals surface area (Å²) in [5, 5.41) is 3.39. The van der Waals surface area contributed by atoms with Gasteiger partial charge in [-0.05, 0) is 48.3 Å². The van der Waals surface area contributed by atoms with Crippen LogP contribution in [-0.2, 0) is 9.53 Å². The smallest absolute Gasteiger partial charge is 0.219 e. The summed E-state index contributed by atoms with van der Waals surface area (Å²) in [5.41, 5.74) is 0.537. The Hall–Kier alpha value is -0.570. The maximum Gasteiger partial charge on any atom is 0.219 e. The van der Waals surface area contributed by atoms with Gasteiger partial charge in [-0.2, -0.15) is 0 Å². The number of amides is 1. The lowest BCUT2D eigenvalue weighted by Gasteiger charge is -2.53. The van der Waals surface area contributed by atoms with Gasteiger partial charge in [0, 0.05) is 19.1 Å².